The highest BCUT2D eigenvalue weighted by atomic mass is 16.3. The number of nitrogens with zero attached hydrogens (tertiary/aromatic N) is 3. The molecule has 4 nitrogen and oxygen atoms in total. The number of fused-ring (bicyclic) bond motifs is 3. The number of para-hydroxylation sites is 1. The van der Waals surface area contributed by atoms with Crippen molar-refractivity contribution >= 4 is 21.8 Å². The number of aliphatic hydroxyl groups is 1. The molecule has 1 aromatic carbocycles. The molecule has 3 heterocycles. The number of aromatic nitrogens is 3. The lowest BCUT2D eigenvalue weighted by atomic mass is 10.1. The molecule has 126 valence electrons. The fourth-order valence-electron chi connectivity index (χ4n) is 3.46. The van der Waals surface area contributed by atoms with Crippen molar-refractivity contribution in [1.29, 1.82) is 0 Å². The van der Waals surface area contributed by atoms with Crippen LogP contribution in [0.15, 0.2) is 54.9 Å². The Kier molecular flexibility index (Phi) is 4.20. The number of unbranched alkanes of at least 4 members (excludes halogenated alkanes) is 1. The molecule has 0 unspecified atom stereocenters. The minimum absolute atomic E-state index is 0.0718. The Hall–Kier alpha value is -2.72. The number of aryl methyl sites for hydroxylation is 1. The molecule has 0 fully saturated rings. The molecule has 4 aromatic rings. The van der Waals surface area contributed by atoms with Crippen molar-refractivity contribution in [2.75, 3.05) is 0 Å². The van der Waals surface area contributed by atoms with E-state index in [9.17, 15) is 5.11 Å². The van der Waals surface area contributed by atoms with Crippen LogP contribution in [0, 0.1) is 0 Å². The molecular weight excluding hydrogens is 310 g/mol. The molecular formula is C21H21N3O. The van der Waals surface area contributed by atoms with Crippen molar-refractivity contribution < 1.29 is 5.11 Å². The zero-order chi connectivity index (χ0) is 17.2. The van der Waals surface area contributed by atoms with Gasteiger partial charge in [0, 0.05) is 40.8 Å². The molecule has 0 saturated heterocycles. The normalized spacial score (nSPS) is 11.4. The molecule has 4 rings (SSSR count). The molecule has 0 amide bonds. The van der Waals surface area contributed by atoms with E-state index >= 15 is 0 Å². The van der Waals surface area contributed by atoms with Crippen LogP contribution in [0.3, 0.4) is 0 Å². The van der Waals surface area contributed by atoms with E-state index in [-0.39, 0.29) is 6.61 Å². The SMILES string of the molecule is CCCCn1c2ccccc2c2cc(CO)nc(-c3cccnc3)c21. The fraction of sp³-hybridized carbons (Fsp3) is 0.238. The topological polar surface area (TPSA) is 50.9 Å². The maximum Gasteiger partial charge on any atom is 0.0965 e. The number of benzene rings is 1. The summed E-state index contributed by atoms with van der Waals surface area (Å²) in [4.78, 5) is 9.00. The van der Waals surface area contributed by atoms with Gasteiger partial charge in [-0.05, 0) is 30.7 Å². The van der Waals surface area contributed by atoms with Crippen molar-refractivity contribution in [2.24, 2.45) is 0 Å². The molecule has 0 aliphatic heterocycles. The predicted octanol–water partition coefficient (Wildman–Crippen LogP) is 4.54. The predicted molar refractivity (Wildman–Crippen MR) is 101 cm³/mol. The van der Waals surface area contributed by atoms with Crippen LogP contribution in [-0.4, -0.2) is 19.6 Å². The Labute approximate surface area is 146 Å². The summed E-state index contributed by atoms with van der Waals surface area (Å²) >= 11 is 0. The zero-order valence-electron chi connectivity index (χ0n) is 14.3. The van der Waals surface area contributed by atoms with Crippen LogP contribution >= 0.6 is 0 Å². The van der Waals surface area contributed by atoms with E-state index in [0.29, 0.717) is 5.69 Å². The van der Waals surface area contributed by atoms with Crippen LogP contribution < -0.4 is 0 Å². The van der Waals surface area contributed by atoms with Crippen LogP contribution in [0.2, 0.25) is 0 Å². The summed E-state index contributed by atoms with van der Waals surface area (Å²) in [6, 6.07) is 14.4. The number of aliphatic hydroxyl groups excluding tert-OH is 1. The van der Waals surface area contributed by atoms with E-state index in [0.717, 1.165) is 41.5 Å². The zero-order valence-corrected chi connectivity index (χ0v) is 14.3. The Bertz CT molecular complexity index is 1020. The van der Waals surface area contributed by atoms with Gasteiger partial charge in [0.1, 0.15) is 0 Å². The van der Waals surface area contributed by atoms with Crippen LogP contribution in [0.5, 0.6) is 0 Å². The van der Waals surface area contributed by atoms with Gasteiger partial charge in [0.2, 0.25) is 0 Å². The Morgan fingerprint density at radius 2 is 1.96 bits per heavy atom. The first-order valence-electron chi connectivity index (χ1n) is 8.75. The average molecular weight is 331 g/mol. The van der Waals surface area contributed by atoms with Crippen molar-refractivity contribution in [3.8, 4) is 11.3 Å². The lowest BCUT2D eigenvalue weighted by Crippen LogP contribution is -2.01. The quantitative estimate of drug-likeness (QED) is 0.584. The van der Waals surface area contributed by atoms with Gasteiger partial charge in [-0.25, -0.2) is 4.98 Å². The van der Waals surface area contributed by atoms with Crippen molar-refractivity contribution in [3.63, 3.8) is 0 Å². The van der Waals surface area contributed by atoms with Gasteiger partial charge in [0.15, 0.2) is 0 Å². The summed E-state index contributed by atoms with van der Waals surface area (Å²) < 4.78 is 2.37. The van der Waals surface area contributed by atoms with E-state index in [1.54, 1.807) is 6.20 Å². The molecule has 1 N–H and O–H groups in total. The summed E-state index contributed by atoms with van der Waals surface area (Å²) in [5.41, 5.74) is 4.89. The second kappa shape index (κ2) is 6.65. The van der Waals surface area contributed by atoms with Crippen LogP contribution in [0.25, 0.3) is 33.1 Å². The van der Waals surface area contributed by atoms with Gasteiger partial charge in [-0.2, -0.15) is 0 Å². The second-order valence-corrected chi connectivity index (χ2v) is 6.28. The van der Waals surface area contributed by atoms with Gasteiger partial charge < -0.3 is 9.67 Å². The lowest BCUT2D eigenvalue weighted by Gasteiger charge is -2.11. The summed E-state index contributed by atoms with van der Waals surface area (Å²) in [7, 11) is 0. The molecule has 0 aliphatic rings. The molecule has 0 spiro atoms. The molecule has 0 aliphatic carbocycles. The van der Waals surface area contributed by atoms with Crippen LogP contribution in [-0.2, 0) is 13.2 Å². The lowest BCUT2D eigenvalue weighted by molar-refractivity contribution is 0.277. The van der Waals surface area contributed by atoms with Crippen molar-refractivity contribution in [2.45, 2.75) is 32.9 Å². The van der Waals surface area contributed by atoms with E-state index in [1.807, 2.05) is 24.4 Å². The summed E-state index contributed by atoms with van der Waals surface area (Å²) in [6.45, 7) is 3.09. The highest BCUT2D eigenvalue weighted by Crippen LogP contribution is 2.35. The number of hydrogen-bond donors (Lipinski definition) is 1. The average Bonchev–Trinajstić information content (AvgIpc) is 3.00. The molecule has 3 aromatic heterocycles. The first kappa shape index (κ1) is 15.8. The third-order valence-electron chi connectivity index (χ3n) is 4.63. The highest BCUT2D eigenvalue weighted by molar-refractivity contribution is 6.12. The molecule has 0 bridgehead atoms. The van der Waals surface area contributed by atoms with E-state index in [2.05, 4.69) is 40.7 Å². The van der Waals surface area contributed by atoms with E-state index in [1.165, 1.54) is 10.9 Å². The molecule has 0 saturated carbocycles. The maximum absolute atomic E-state index is 9.70. The number of rotatable bonds is 5. The van der Waals surface area contributed by atoms with Gasteiger partial charge in [0.25, 0.3) is 0 Å². The largest absolute Gasteiger partial charge is 0.390 e. The van der Waals surface area contributed by atoms with Crippen LogP contribution in [0.1, 0.15) is 25.5 Å². The van der Waals surface area contributed by atoms with Gasteiger partial charge in [-0.15, -0.1) is 0 Å². The van der Waals surface area contributed by atoms with Gasteiger partial charge >= 0.3 is 0 Å². The second-order valence-electron chi connectivity index (χ2n) is 6.28. The Balaban J connectivity index is 2.12. The third kappa shape index (κ3) is 2.68. The van der Waals surface area contributed by atoms with Crippen molar-refractivity contribution in [3.05, 3.63) is 60.6 Å². The third-order valence-corrected chi connectivity index (χ3v) is 4.63. The Morgan fingerprint density at radius 1 is 1.08 bits per heavy atom. The van der Waals surface area contributed by atoms with Crippen molar-refractivity contribution in [1.82, 2.24) is 14.5 Å². The highest BCUT2D eigenvalue weighted by Gasteiger charge is 2.17. The monoisotopic (exact) mass is 331 g/mol. The first-order valence-corrected chi connectivity index (χ1v) is 8.75. The van der Waals surface area contributed by atoms with E-state index in [4.69, 9.17) is 4.98 Å². The standard InChI is InChI=1S/C21H21N3O/c1-2-3-11-24-19-9-5-4-8-17(19)18-12-16(14-25)23-20(21(18)24)15-7-6-10-22-13-15/h4-10,12-13,25H,2-3,11,14H2,1H3. The molecule has 0 atom stereocenters. The van der Waals surface area contributed by atoms with Gasteiger partial charge in [-0.1, -0.05) is 31.5 Å². The van der Waals surface area contributed by atoms with E-state index < -0.39 is 0 Å². The minimum Gasteiger partial charge on any atom is -0.390 e. The smallest absolute Gasteiger partial charge is 0.0965 e. The molecule has 25 heavy (non-hydrogen) atoms. The van der Waals surface area contributed by atoms with Gasteiger partial charge in [-0.3, -0.25) is 4.98 Å². The molecule has 4 heteroatoms. The van der Waals surface area contributed by atoms with Gasteiger partial charge in [0.05, 0.1) is 23.5 Å². The first-order chi connectivity index (χ1) is 12.3. The number of pyridine rings is 2. The number of hydrogen-bond acceptors (Lipinski definition) is 3. The summed E-state index contributed by atoms with van der Waals surface area (Å²) in [5.74, 6) is 0. The Morgan fingerprint density at radius 3 is 2.72 bits per heavy atom. The minimum atomic E-state index is -0.0718. The fourth-order valence-corrected chi connectivity index (χ4v) is 3.46. The maximum atomic E-state index is 9.70. The molecule has 0 radical (unpaired) electrons. The summed E-state index contributed by atoms with van der Waals surface area (Å²) in [6.07, 6.45) is 5.86. The van der Waals surface area contributed by atoms with Crippen LogP contribution in [0.4, 0.5) is 0 Å². The summed E-state index contributed by atoms with van der Waals surface area (Å²) in [5, 5.41) is 12.1.